The lowest BCUT2D eigenvalue weighted by Crippen LogP contribution is -2.09. The summed E-state index contributed by atoms with van der Waals surface area (Å²) >= 11 is 0. The van der Waals surface area contributed by atoms with E-state index in [1.165, 1.54) is 60.0 Å². The van der Waals surface area contributed by atoms with E-state index in [9.17, 15) is 0 Å². The van der Waals surface area contributed by atoms with Crippen molar-refractivity contribution in [2.45, 2.75) is 0 Å². The first-order chi connectivity index (χ1) is 29.2. The van der Waals surface area contributed by atoms with Crippen LogP contribution < -0.4 is 4.90 Å². The van der Waals surface area contributed by atoms with E-state index in [0.717, 1.165) is 50.3 Å². The van der Waals surface area contributed by atoms with Gasteiger partial charge in [0.2, 0.25) is 0 Å². The van der Waals surface area contributed by atoms with Crippen LogP contribution >= 0.6 is 0 Å². The second-order valence-corrected chi connectivity index (χ2v) is 15.3. The van der Waals surface area contributed by atoms with E-state index in [0.29, 0.717) is 0 Å². The molecule has 2 heterocycles. The Morgan fingerprint density at radius 1 is 0.339 bits per heavy atom. The van der Waals surface area contributed by atoms with Crippen LogP contribution in [-0.2, 0) is 0 Å². The lowest BCUT2D eigenvalue weighted by atomic mass is 9.98. The Kier molecular flexibility index (Phi) is 7.54. The van der Waals surface area contributed by atoms with Crippen LogP contribution in [0.2, 0.25) is 0 Å². The number of nitrogens with zero attached hydrogens (tertiary/aromatic N) is 2. The Bertz CT molecular complexity index is 3540. The zero-order valence-corrected chi connectivity index (χ0v) is 32.1. The maximum Gasteiger partial charge on any atom is 0.135 e. The van der Waals surface area contributed by atoms with E-state index in [1.807, 2.05) is 12.1 Å². The molecule has 2 aromatic heterocycles. The average molecular weight is 753 g/mol. The largest absolute Gasteiger partial charge is 0.456 e. The maximum atomic E-state index is 6.25. The predicted octanol–water partition coefficient (Wildman–Crippen LogP) is 15.8. The minimum absolute atomic E-state index is 0.882. The summed E-state index contributed by atoms with van der Waals surface area (Å²) in [4.78, 5) is 2.35. The Hall–Kier alpha value is -7.88. The Balaban J connectivity index is 0.988. The average Bonchev–Trinajstić information content (AvgIpc) is 3.85. The minimum atomic E-state index is 0.882. The number of benzene rings is 10. The zero-order chi connectivity index (χ0) is 38.9. The van der Waals surface area contributed by atoms with Crippen molar-refractivity contribution >= 4 is 82.4 Å². The summed E-state index contributed by atoms with van der Waals surface area (Å²) in [6.45, 7) is 0. The van der Waals surface area contributed by atoms with Crippen LogP contribution in [-0.4, -0.2) is 4.57 Å². The molecular formula is C56H36N2O. The fourth-order valence-corrected chi connectivity index (χ4v) is 9.17. The zero-order valence-electron chi connectivity index (χ0n) is 32.1. The molecule has 0 amide bonds. The first-order valence-corrected chi connectivity index (χ1v) is 20.2. The van der Waals surface area contributed by atoms with Crippen molar-refractivity contribution in [1.82, 2.24) is 4.57 Å². The molecule has 0 spiro atoms. The number of aromatic nitrogens is 1. The molecule has 0 aliphatic rings. The molecule has 3 heteroatoms. The highest BCUT2D eigenvalue weighted by molar-refractivity contribution is 6.19. The van der Waals surface area contributed by atoms with E-state index in [2.05, 4.69) is 216 Å². The summed E-state index contributed by atoms with van der Waals surface area (Å²) in [5.41, 5.74) is 13.3. The van der Waals surface area contributed by atoms with Crippen molar-refractivity contribution in [2.24, 2.45) is 0 Å². The fraction of sp³-hybridized carbons (Fsp3) is 0. The number of fused-ring (bicyclic) bond motifs is 9. The number of para-hydroxylation sites is 2. The van der Waals surface area contributed by atoms with Crippen LogP contribution in [0.5, 0.6) is 0 Å². The van der Waals surface area contributed by atoms with E-state index >= 15 is 0 Å². The number of hydrogen-bond donors (Lipinski definition) is 0. The van der Waals surface area contributed by atoms with E-state index in [4.69, 9.17) is 4.42 Å². The van der Waals surface area contributed by atoms with Crippen molar-refractivity contribution < 1.29 is 4.42 Å². The molecule has 0 aliphatic carbocycles. The monoisotopic (exact) mass is 752 g/mol. The van der Waals surface area contributed by atoms with Crippen molar-refractivity contribution in [2.75, 3.05) is 4.90 Å². The molecule has 3 nitrogen and oxygen atoms in total. The van der Waals surface area contributed by atoms with Crippen molar-refractivity contribution in [3.8, 4) is 27.9 Å². The second kappa shape index (κ2) is 13.4. The highest BCUT2D eigenvalue weighted by atomic mass is 16.3. The van der Waals surface area contributed by atoms with Gasteiger partial charge in [0, 0.05) is 49.7 Å². The highest BCUT2D eigenvalue weighted by Gasteiger charge is 2.19. The highest BCUT2D eigenvalue weighted by Crippen LogP contribution is 2.42. The summed E-state index contributed by atoms with van der Waals surface area (Å²) in [6, 6.07) is 78.8. The smallest absolute Gasteiger partial charge is 0.135 e. The standard InChI is InChI=1S/C56H36N2O/c1-2-14-42(15-3-1)58-53-35-41(26-32-49(53)51-33-25-39-12-5-7-17-48(39)56(51)58)37-21-27-43(28-22-37)57(45-31-34-55-52(36-45)50-18-8-9-20-54(50)59-55)44-29-23-40(24-30-44)47-19-10-13-38-11-4-6-16-46(38)47/h1-36H. The molecule has 0 bridgehead atoms. The predicted molar refractivity (Wildman–Crippen MR) is 249 cm³/mol. The lowest BCUT2D eigenvalue weighted by Gasteiger charge is -2.26. The second-order valence-electron chi connectivity index (χ2n) is 15.3. The van der Waals surface area contributed by atoms with E-state index in [1.54, 1.807) is 0 Å². The molecule has 0 atom stereocenters. The third-order valence-electron chi connectivity index (χ3n) is 12.0. The summed E-state index contributed by atoms with van der Waals surface area (Å²) in [5, 5.41) is 9.70. The van der Waals surface area contributed by atoms with Gasteiger partial charge in [0.25, 0.3) is 0 Å². The molecule has 12 aromatic rings. The van der Waals surface area contributed by atoms with Gasteiger partial charge in [-0.15, -0.1) is 0 Å². The van der Waals surface area contributed by atoms with Crippen molar-refractivity contribution in [3.63, 3.8) is 0 Å². The molecule has 59 heavy (non-hydrogen) atoms. The first-order valence-electron chi connectivity index (χ1n) is 20.2. The number of hydrogen-bond acceptors (Lipinski definition) is 2. The third-order valence-corrected chi connectivity index (χ3v) is 12.0. The fourth-order valence-electron chi connectivity index (χ4n) is 9.17. The normalized spacial score (nSPS) is 11.7. The van der Waals surface area contributed by atoms with Gasteiger partial charge >= 0.3 is 0 Å². The van der Waals surface area contributed by atoms with Crippen LogP contribution in [0, 0.1) is 0 Å². The number of anilines is 3. The van der Waals surface area contributed by atoms with Gasteiger partial charge in [-0.25, -0.2) is 0 Å². The van der Waals surface area contributed by atoms with Crippen LogP contribution in [0.15, 0.2) is 223 Å². The van der Waals surface area contributed by atoms with Crippen LogP contribution in [0.3, 0.4) is 0 Å². The van der Waals surface area contributed by atoms with Gasteiger partial charge < -0.3 is 13.9 Å². The van der Waals surface area contributed by atoms with Gasteiger partial charge in [-0.2, -0.15) is 0 Å². The number of furan rings is 1. The molecule has 276 valence electrons. The molecule has 0 N–H and O–H groups in total. The summed E-state index contributed by atoms with van der Waals surface area (Å²) in [7, 11) is 0. The van der Waals surface area contributed by atoms with Gasteiger partial charge in [0.1, 0.15) is 11.2 Å². The quantitative estimate of drug-likeness (QED) is 0.169. The van der Waals surface area contributed by atoms with Crippen molar-refractivity contribution in [1.29, 1.82) is 0 Å². The van der Waals surface area contributed by atoms with Gasteiger partial charge in [-0.05, 0) is 105 Å². The van der Waals surface area contributed by atoms with Gasteiger partial charge in [0.05, 0.1) is 11.0 Å². The summed E-state index contributed by atoms with van der Waals surface area (Å²) < 4.78 is 8.69. The van der Waals surface area contributed by atoms with Gasteiger partial charge in [-0.1, -0.05) is 152 Å². The minimum Gasteiger partial charge on any atom is -0.456 e. The molecule has 0 saturated heterocycles. The lowest BCUT2D eigenvalue weighted by molar-refractivity contribution is 0.669. The maximum absolute atomic E-state index is 6.25. The van der Waals surface area contributed by atoms with E-state index < -0.39 is 0 Å². The Labute approximate surface area is 341 Å². The first kappa shape index (κ1) is 33.3. The number of rotatable bonds is 6. The van der Waals surface area contributed by atoms with Gasteiger partial charge in [-0.3, -0.25) is 0 Å². The molecule has 0 fully saturated rings. The van der Waals surface area contributed by atoms with Crippen LogP contribution in [0.4, 0.5) is 17.1 Å². The topological polar surface area (TPSA) is 21.3 Å². The SMILES string of the molecule is c1ccc(-n2c3cc(-c4ccc(N(c5ccc(-c6cccc7ccccc67)cc5)c5ccc6oc7ccccc7c6c5)cc4)ccc3c3ccc4ccccc4c32)cc1. The molecule has 0 saturated carbocycles. The Morgan fingerprint density at radius 2 is 0.932 bits per heavy atom. The Morgan fingerprint density at radius 3 is 1.73 bits per heavy atom. The molecule has 0 aliphatic heterocycles. The van der Waals surface area contributed by atoms with Crippen LogP contribution in [0.1, 0.15) is 0 Å². The molecule has 0 unspecified atom stereocenters. The molecular weight excluding hydrogens is 717 g/mol. The molecule has 0 radical (unpaired) electrons. The van der Waals surface area contributed by atoms with Gasteiger partial charge in [0.15, 0.2) is 0 Å². The summed E-state index contributed by atoms with van der Waals surface area (Å²) in [6.07, 6.45) is 0. The molecule has 12 rings (SSSR count). The van der Waals surface area contributed by atoms with Crippen LogP contribution in [0.25, 0.3) is 93.2 Å². The molecule has 10 aromatic carbocycles. The van der Waals surface area contributed by atoms with E-state index in [-0.39, 0.29) is 0 Å². The van der Waals surface area contributed by atoms with Crippen molar-refractivity contribution in [3.05, 3.63) is 218 Å². The third kappa shape index (κ3) is 5.44. The summed E-state index contributed by atoms with van der Waals surface area (Å²) in [5.74, 6) is 0.